The van der Waals surface area contributed by atoms with Gasteiger partial charge in [-0.2, -0.15) is 0 Å². The van der Waals surface area contributed by atoms with Crippen molar-refractivity contribution in [3.63, 3.8) is 0 Å². The van der Waals surface area contributed by atoms with Gasteiger partial charge in [-0.05, 0) is 40.5 Å². The van der Waals surface area contributed by atoms with Gasteiger partial charge in [-0.1, -0.05) is 0 Å². The third-order valence-corrected chi connectivity index (χ3v) is 3.55. The first-order chi connectivity index (χ1) is 7.87. The Labute approximate surface area is 104 Å². The molecule has 0 spiro atoms. The summed E-state index contributed by atoms with van der Waals surface area (Å²) in [5, 5.41) is 0. The number of piperidine rings is 1. The number of nitrogens with zero attached hydrogens (tertiary/aromatic N) is 2. The minimum Gasteiger partial charge on any atom is -0.444 e. The normalized spacial score (nSPS) is 33.4. The summed E-state index contributed by atoms with van der Waals surface area (Å²) >= 11 is 0. The van der Waals surface area contributed by atoms with E-state index in [1.165, 1.54) is 0 Å². The van der Waals surface area contributed by atoms with Gasteiger partial charge in [0.15, 0.2) is 0 Å². The predicted octanol–water partition coefficient (Wildman–Crippen LogP) is 2.09. The van der Waals surface area contributed by atoms with Crippen LogP contribution in [0.5, 0.6) is 0 Å². The van der Waals surface area contributed by atoms with Crippen molar-refractivity contribution in [2.75, 3.05) is 19.6 Å². The topological polar surface area (TPSA) is 32.8 Å². The molecule has 3 rings (SSSR count). The molecular weight excluding hydrogens is 216 g/mol. The van der Waals surface area contributed by atoms with Gasteiger partial charge in [0, 0.05) is 31.7 Å². The Morgan fingerprint density at radius 2 is 1.82 bits per heavy atom. The van der Waals surface area contributed by atoms with Crippen molar-refractivity contribution in [3.05, 3.63) is 0 Å². The van der Waals surface area contributed by atoms with Crippen LogP contribution in [0.1, 0.15) is 40.5 Å². The number of rotatable bonds is 0. The molecule has 4 nitrogen and oxygen atoms in total. The van der Waals surface area contributed by atoms with E-state index in [0.29, 0.717) is 6.04 Å². The van der Waals surface area contributed by atoms with Crippen LogP contribution >= 0.6 is 0 Å². The van der Waals surface area contributed by atoms with E-state index in [1.54, 1.807) is 0 Å². The van der Waals surface area contributed by atoms with E-state index in [0.717, 1.165) is 32.5 Å². The van der Waals surface area contributed by atoms with Gasteiger partial charge in [0.1, 0.15) is 5.60 Å². The second-order valence-corrected chi connectivity index (χ2v) is 6.27. The highest BCUT2D eigenvalue weighted by atomic mass is 16.6. The number of hydrogen-bond donors (Lipinski definition) is 0. The average Bonchev–Trinajstić information content (AvgIpc) is 2.41. The molecule has 2 bridgehead atoms. The van der Waals surface area contributed by atoms with Gasteiger partial charge < -0.3 is 14.5 Å². The molecule has 0 radical (unpaired) electrons. The van der Waals surface area contributed by atoms with Gasteiger partial charge in [0.05, 0.1) is 0 Å². The fraction of sp³-hybridized carbons (Fsp3) is 0.923. The van der Waals surface area contributed by atoms with E-state index in [-0.39, 0.29) is 12.1 Å². The quantitative estimate of drug-likeness (QED) is 0.650. The van der Waals surface area contributed by atoms with E-state index in [2.05, 4.69) is 11.8 Å². The second kappa shape index (κ2) is 4.48. The summed E-state index contributed by atoms with van der Waals surface area (Å²) in [6.07, 6.45) is 2.03. The van der Waals surface area contributed by atoms with Crippen LogP contribution in [-0.4, -0.2) is 53.2 Å². The lowest BCUT2D eigenvalue weighted by atomic mass is 10.1. The first-order valence-electron chi connectivity index (χ1n) is 6.60. The molecule has 3 heterocycles. The monoisotopic (exact) mass is 240 g/mol. The summed E-state index contributed by atoms with van der Waals surface area (Å²) in [4.78, 5) is 16.7. The molecule has 4 heteroatoms. The van der Waals surface area contributed by atoms with Gasteiger partial charge >= 0.3 is 6.09 Å². The maximum atomic E-state index is 12.2. The second-order valence-electron chi connectivity index (χ2n) is 6.27. The summed E-state index contributed by atoms with van der Waals surface area (Å²) in [5.74, 6) is 0. The Morgan fingerprint density at radius 3 is 2.35 bits per heavy atom. The molecule has 0 saturated carbocycles. The molecule has 0 aromatic carbocycles. The third kappa shape index (κ3) is 2.92. The first kappa shape index (κ1) is 12.7. The zero-order valence-electron chi connectivity index (χ0n) is 11.4. The first-order valence-corrected chi connectivity index (χ1v) is 6.60. The Kier molecular flexibility index (Phi) is 3.34. The van der Waals surface area contributed by atoms with E-state index in [9.17, 15) is 4.79 Å². The zero-order valence-corrected chi connectivity index (χ0v) is 11.4. The van der Waals surface area contributed by atoms with Crippen molar-refractivity contribution in [2.45, 2.75) is 58.2 Å². The Bertz CT molecular complexity index is 290. The van der Waals surface area contributed by atoms with E-state index >= 15 is 0 Å². The van der Waals surface area contributed by atoms with Crippen molar-refractivity contribution in [1.82, 2.24) is 9.80 Å². The van der Waals surface area contributed by atoms with Crippen molar-refractivity contribution >= 4 is 6.09 Å². The van der Waals surface area contributed by atoms with Crippen molar-refractivity contribution < 1.29 is 9.53 Å². The molecule has 0 aromatic rings. The minimum atomic E-state index is -0.401. The number of ether oxygens (including phenoxy) is 1. The molecular formula is C13H24N2O2. The SMILES string of the molecule is CC1CN2CCC(CC2)N1C(=O)OC(C)(C)C. The van der Waals surface area contributed by atoms with Crippen molar-refractivity contribution in [2.24, 2.45) is 0 Å². The number of amides is 1. The number of carbonyl (C=O) groups is 1. The van der Waals surface area contributed by atoms with E-state index in [4.69, 9.17) is 4.74 Å². The molecule has 1 unspecified atom stereocenters. The van der Waals surface area contributed by atoms with Crippen LogP contribution in [0.2, 0.25) is 0 Å². The molecule has 17 heavy (non-hydrogen) atoms. The molecule has 98 valence electrons. The molecule has 3 aliphatic heterocycles. The Hall–Kier alpha value is -0.770. The molecule has 3 saturated heterocycles. The minimum absolute atomic E-state index is 0.140. The largest absolute Gasteiger partial charge is 0.444 e. The molecule has 0 aliphatic carbocycles. The van der Waals surface area contributed by atoms with Crippen LogP contribution in [-0.2, 0) is 4.74 Å². The fourth-order valence-corrected chi connectivity index (χ4v) is 2.85. The lowest BCUT2D eigenvalue weighted by Gasteiger charge is -2.35. The van der Waals surface area contributed by atoms with Crippen LogP contribution in [0.25, 0.3) is 0 Å². The number of carbonyl (C=O) groups excluding carboxylic acids is 1. The van der Waals surface area contributed by atoms with E-state index in [1.807, 2.05) is 25.7 Å². The molecule has 1 atom stereocenters. The smallest absolute Gasteiger partial charge is 0.410 e. The van der Waals surface area contributed by atoms with Gasteiger partial charge in [-0.3, -0.25) is 0 Å². The third-order valence-electron chi connectivity index (χ3n) is 3.55. The number of hydrogen-bond acceptors (Lipinski definition) is 3. The molecule has 0 N–H and O–H groups in total. The lowest BCUT2D eigenvalue weighted by molar-refractivity contribution is 0.00909. The average molecular weight is 240 g/mol. The summed E-state index contributed by atoms with van der Waals surface area (Å²) < 4.78 is 5.52. The van der Waals surface area contributed by atoms with Gasteiger partial charge in [0.25, 0.3) is 0 Å². The zero-order chi connectivity index (χ0) is 12.6. The highest BCUT2D eigenvalue weighted by Gasteiger charge is 2.38. The van der Waals surface area contributed by atoms with Crippen LogP contribution in [0.15, 0.2) is 0 Å². The highest BCUT2D eigenvalue weighted by molar-refractivity contribution is 5.69. The number of fused-ring (bicyclic) bond motifs is 4. The van der Waals surface area contributed by atoms with Crippen molar-refractivity contribution in [1.29, 1.82) is 0 Å². The standard InChI is InChI=1S/C13H24N2O2/c1-10-9-14-7-5-11(6-8-14)15(10)12(16)17-13(2,3)4/h10-11H,5-9H2,1-4H3. The highest BCUT2D eigenvalue weighted by Crippen LogP contribution is 2.26. The van der Waals surface area contributed by atoms with Crippen LogP contribution in [0, 0.1) is 0 Å². The van der Waals surface area contributed by atoms with Gasteiger partial charge in [0.2, 0.25) is 0 Å². The maximum Gasteiger partial charge on any atom is 0.410 e. The van der Waals surface area contributed by atoms with Crippen LogP contribution in [0.4, 0.5) is 4.79 Å². The summed E-state index contributed by atoms with van der Waals surface area (Å²) in [6.45, 7) is 11.1. The van der Waals surface area contributed by atoms with Crippen molar-refractivity contribution in [3.8, 4) is 0 Å². The summed E-state index contributed by atoms with van der Waals surface area (Å²) in [6, 6.07) is 0.637. The van der Waals surface area contributed by atoms with Crippen LogP contribution < -0.4 is 0 Å². The van der Waals surface area contributed by atoms with Gasteiger partial charge in [-0.25, -0.2) is 4.79 Å². The lowest BCUT2D eigenvalue weighted by Crippen LogP contribution is -2.47. The molecule has 3 fully saturated rings. The molecule has 0 aromatic heterocycles. The van der Waals surface area contributed by atoms with E-state index < -0.39 is 5.60 Å². The maximum absolute atomic E-state index is 12.2. The predicted molar refractivity (Wildman–Crippen MR) is 67.0 cm³/mol. The van der Waals surface area contributed by atoms with Gasteiger partial charge in [-0.15, -0.1) is 0 Å². The Morgan fingerprint density at radius 1 is 1.24 bits per heavy atom. The molecule has 3 aliphatic rings. The fourth-order valence-electron chi connectivity index (χ4n) is 2.85. The van der Waals surface area contributed by atoms with Crippen LogP contribution in [0.3, 0.4) is 0 Å². The Balaban J connectivity index is 2.09. The summed E-state index contributed by atoms with van der Waals surface area (Å²) in [5.41, 5.74) is -0.401. The molecule has 1 amide bonds. The summed E-state index contributed by atoms with van der Waals surface area (Å²) in [7, 11) is 0.